The van der Waals surface area contributed by atoms with Crippen LogP contribution >= 0.6 is 0 Å². The summed E-state index contributed by atoms with van der Waals surface area (Å²) >= 11 is 0. The van der Waals surface area contributed by atoms with Gasteiger partial charge in [0.1, 0.15) is 17.0 Å². The molecular weight excluding hydrogens is 454 g/mol. The van der Waals surface area contributed by atoms with Crippen LogP contribution in [0.2, 0.25) is 0 Å². The monoisotopic (exact) mass is 491 g/mol. The lowest BCUT2D eigenvalue weighted by Gasteiger charge is -2.33. The summed E-state index contributed by atoms with van der Waals surface area (Å²) in [4.78, 5) is 19.0. The molecule has 36 heavy (non-hydrogen) atoms. The van der Waals surface area contributed by atoms with E-state index in [9.17, 15) is 4.79 Å². The maximum absolute atomic E-state index is 12.5. The fraction of sp³-hybridized carbons (Fsp3) is 0.500. The molecule has 0 spiro atoms. The number of aromatic nitrogens is 4. The highest BCUT2D eigenvalue weighted by molar-refractivity contribution is 5.68. The van der Waals surface area contributed by atoms with E-state index >= 15 is 0 Å². The number of hydrogen-bond donors (Lipinski definition) is 0. The van der Waals surface area contributed by atoms with Crippen molar-refractivity contribution < 1.29 is 14.3 Å². The van der Waals surface area contributed by atoms with Crippen molar-refractivity contribution in [1.82, 2.24) is 24.9 Å². The van der Waals surface area contributed by atoms with E-state index in [0.29, 0.717) is 24.9 Å². The molecule has 0 bridgehead atoms. The van der Waals surface area contributed by atoms with Crippen molar-refractivity contribution >= 4 is 6.09 Å². The third-order valence-corrected chi connectivity index (χ3v) is 6.25. The molecule has 3 aromatic rings. The first-order chi connectivity index (χ1) is 17.0. The topological polar surface area (TPSA) is 82.4 Å². The quantitative estimate of drug-likeness (QED) is 0.408. The van der Waals surface area contributed by atoms with Crippen LogP contribution < -0.4 is 4.74 Å². The lowest BCUT2D eigenvalue weighted by Crippen LogP contribution is -2.42. The fourth-order valence-electron chi connectivity index (χ4n) is 4.44. The van der Waals surface area contributed by atoms with Crippen molar-refractivity contribution in [2.24, 2.45) is 0 Å². The van der Waals surface area contributed by atoms with Crippen LogP contribution in [-0.4, -0.2) is 49.7 Å². The molecule has 4 rings (SSSR count). The van der Waals surface area contributed by atoms with E-state index in [0.717, 1.165) is 41.2 Å². The minimum absolute atomic E-state index is 0.122. The van der Waals surface area contributed by atoms with E-state index in [4.69, 9.17) is 14.5 Å². The van der Waals surface area contributed by atoms with E-state index in [1.54, 1.807) is 4.90 Å². The maximum Gasteiger partial charge on any atom is 0.410 e. The number of carbonyl (C=O) groups is 1. The molecule has 3 heterocycles. The van der Waals surface area contributed by atoms with Crippen LogP contribution in [0.25, 0.3) is 11.4 Å². The minimum atomic E-state index is -0.502. The number of carbonyl (C=O) groups excluding carboxylic acids is 1. The summed E-state index contributed by atoms with van der Waals surface area (Å²) in [7, 11) is 0. The van der Waals surface area contributed by atoms with Crippen LogP contribution in [0.3, 0.4) is 0 Å². The molecule has 1 aliphatic rings. The Kier molecular flexibility index (Phi) is 7.33. The zero-order valence-corrected chi connectivity index (χ0v) is 22.4. The van der Waals surface area contributed by atoms with E-state index in [1.807, 2.05) is 56.6 Å². The Morgan fingerprint density at radius 3 is 2.47 bits per heavy atom. The Morgan fingerprint density at radius 2 is 1.81 bits per heavy atom. The van der Waals surface area contributed by atoms with E-state index in [-0.39, 0.29) is 12.1 Å². The number of aryl methyl sites for hydroxylation is 2. The standard InChI is InChI=1S/C28H37N5O3/c1-18(2)21-15-19(3)16-23(17-21)35-25-10-8-9-24(29-25)26-20(4)30-31-33(26)22-11-13-32(14-12-22)27(34)36-28(5,6)7/h8-10,15-18,22H,11-14H2,1-7H3. The van der Waals surface area contributed by atoms with Gasteiger partial charge in [0.15, 0.2) is 0 Å². The van der Waals surface area contributed by atoms with Gasteiger partial charge >= 0.3 is 6.09 Å². The van der Waals surface area contributed by atoms with Crippen molar-refractivity contribution in [3.63, 3.8) is 0 Å². The van der Waals surface area contributed by atoms with Crippen LogP contribution in [-0.2, 0) is 4.74 Å². The summed E-state index contributed by atoms with van der Waals surface area (Å²) in [6, 6.07) is 12.2. The molecule has 0 radical (unpaired) electrons. The Bertz CT molecular complexity index is 1220. The molecule has 0 N–H and O–H groups in total. The molecule has 1 amide bonds. The summed E-state index contributed by atoms with van der Waals surface area (Å²) < 4.78 is 13.7. The van der Waals surface area contributed by atoms with Gasteiger partial charge in [0.05, 0.1) is 17.4 Å². The Balaban J connectivity index is 1.52. The van der Waals surface area contributed by atoms with Gasteiger partial charge in [-0.05, 0) is 82.7 Å². The van der Waals surface area contributed by atoms with Gasteiger partial charge in [-0.3, -0.25) is 0 Å². The normalized spacial score (nSPS) is 14.8. The van der Waals surface area contributed by atoms with Crippen LogP contribution in [0, 0.1) is 13.8 Å². The number of rotatable bonds is 5. The van der Waals surface area contributed by atoms with Crippen LogP contribution in [0.4, 0.5) is 4.79 Å². The predicted molar refractivity (Wildman–Crippen MR) is 139 cm³/mol. The summed E-state index contributed by atoms with van der Waals surface area (Å²) in [5.41, 5.74) is 4.34. The van der Waals surface area contributed by atoms with Gasteiger partial charge in [-0.2, -0.15) is 0 Å². The number of hydrogen-bond acceptors (Lipinski definition) is 6. The fourth-order valence-corrected chi connectivity index (χ4v) is 4.44. The van der Waals surface area contributed by atoms with Gasteiger partial charge in [-0.15, -0.1) is 5.10 Å². The molecule has 192 valence electrons. The molecule has 1 aliphatic heterocycles. The van der Waals surface area contributed by atoms with Crippen LogP contribution in [0.1, 0.15) is 76.2 Å². The van der Waals surface area contributed by atoms with Gasteiger partial charge in [0.2, 0.25) is 5.88 Å². The molecule has 8 nitrogen and oxygen atoms in total. The number of nitrogens with zero attached hydrogens (tertiary/aromatic N) is 5. The molecular formula is C28H37N5O3. The summed E-state index contributed by atoms with van der Waals surface area (Å²) in [5.74, 6) is 1.72. The van der Waals surface area contributed by atoms with Crippen molar-refractivity contribution in [3.05, 3.63) is 53.2 Å². The highest BCUT2D eigenvalue weighted by Gasteiger charge is 2.30. The largest absolute Gasteiger partial charge is 0.444 e. The zero-order chi connectivity index (χ0) is 26.0. The van der Waals surface area contributed by atoms with E-state index in [2.05, 4.69) is 43.2 Å². The maximum atomic E-state index is 12.5. The SMILES string of the molecule is Cc1cc(Oc2cccc(-c3c(C)nnn3C3CCN(C(=O)OC(C)(C)C)CC3)n2)cc(C(C)C)c1. The second-order valence-corrected chi connectivity index (χ2v) is 10.9. The minimum Gasteiger partial charge on any atom is -0.444 e. The smallest absolute Gasteiger partial charge is 0.410 e. The van der Waals surface area contributed by atoms with Crippen molar-refractivity contribution in [1.29, 1.82) is 0 Å². The van der Waals surface area contributed by atoms with Crippen LogP contribution in [0.5, 0.6) is 11.6 Å². The van der Waals surface area contributed by atoms with E-state index in [1.165, 1.54) is 5.56 Å². The molecule has 1 fully saturated rings. The summed E-state index contributed by atoms with van der Waals surface area (Å²) in [6.45, 7) is 15.2. The average molecular weight is 492 g/mol. The lowest BCUT2D eigenvalue weighted by atomic mass is 10.0. The molecule has 0 aliphatic carbocycles. The number of likely N-dealkylation sites (tertiary alicyclic amines) is 1. The molecule has 0 atom stereocenters. The number of pyridine rings is 1. The summed E-state index contributed by atoms with van der Waals surface area (Å²) in [5, 5.41) is 8.81. The molecule has 1 saturated heterocycles. The van der Waals surface area contributed by atoms with Gasteiger partial charge in [0.25, 0.3) is 0 Å². The average Bonchev–Trinajstić information content (AvgIpc) is 3.19. The van der Waals surface area contributed by atoms with E-state index < -0.39 is 5.60 Å². The van der Waals surface area contributed by atoms with Crippen molar-refractivity contribution in [2.75, 3.05) is 13.1 Å². The zero-order valence-electron chi connectivity index (χ0n) is 22.4. The van der Waals surface area contributed by atoms with Gasteiger partial charge in [-0.1, -0.05) is 31.2 Å². The second-order valence-electron chi connectivity index (χ2n) is 10.9. The molecule has 1 aromatic carbocycles. The van der Waals surface area contributed by atoms with Gasteiger partial charge < -0.3 is 14.4 Å². The molecule has 2 aromatic heterocycles. The van der Waals surface area contributed by atoms with Crippen LogP contribution in [0.15, 0.2) is 36.4 Å². The second kappa shape index (κ2) is 10.3. The first-order valence-corrected chi connectivity index (χ1v) is 12.7. The highest BCUT2D eigenvalue weighted by atomic mass is 16.6. The predicted octanol–water partition coefficient (Wildman–Crippen LogP) is 6.44. The number of ether oxygens (including phenoxy) is 2. The first-order valence-electron chi connectivity index (χ1n) is 12.7. The lowest BCUT2D eigenvalue weighted by molar-refractivity contribution is 0.0185. The number of piperidine rings is 1. The molecule has 8 heteroatoms. The van der Waals surface area contributed by atoms with Crippen molar-refractivity contribution in [3.8, 4) is 23.0 Å². The highest BCUT2D eigenvalue weighted by Crippen LogP contribution is 2.32. The Morgan fingerprint density at radius 1 is 1.08 bits per heavy atom. The van der Waals surface area contributed by atoms with Crippen molar-refractivity contribution in [2.45, 2.75) is 78.9 Å². The molecule has 0 unspecified atom stereocenters. The Labute approximate surface area is 213 Å². The Hall–Kier alpha value is -3.42. The summed E-state index contributed by atoms with van der Waals surface area (Å²) in [6.07, 6.45) is 1.28. The van der Waals surface area contributed by atoms with Gasteiger partial charge in [0, 0.05) is 19.2 Å². The van der Waals surface area contributed by atoms with Gasteiger partial charge in [-0.25, -0.2) is 14.5 Å². The first kappa shape index (κ1) is 25.7. The number of benzene rings is 1. The third kappa shape index (κ3) is 6.04. The third-order valence-electron chi connectivity index (χ3n) is 6.25. The number of amides is 1. The molecule has 0 saturated carbocycles.